The summed E-state index contributed by atoms with van der Waals surface area (Å²) in [5.41, 5.74) is 1.38. The van der Waals surface area contributed by atoms with E-state index in [0.717, 1.165) is 57.3 Å². The van der Waals surface area contributed by atoms with E-state index in [9.17, 15) is 0 Å². The number of nitrogens with zero attached hydrogens (tertiary/aromatic N) is 1. The molecule has 0 radical (unpaired) electrons. The van der Waals surface area contributed by atoms with Crippen LogP contribution >= 0.6 is 35.3 Å². The van der Waals surface area contributed by atoms with Crippen molar-refractivity contribution >= 4 is 41.3 Å². The Morgan fingerprint density at radius 3 is 2.55 bits per heavy atom. The maximum atomic E-state index is 5.65. The SMILES string of the molecule is CCOc1ccc(C2(CNC(=NC)NCCc3cccs3)CCOCC2)cc1.I. The van der Waals surface area contributed by atoms with Crippen molar-refractivity contribution in [3.05, 3.63) is 52.2 Å². The fourth-order valence-electron chi connectivity index (χ4n) is 3.63. The fraction of sp³-hybridized carbons (Fsp3) is 0.500. The summed E-state index contributed by atoms with van der Waals surface area (Å²) in [7, 11) is 1.83. The maximum absolute atomic E-state index is 5.65. The zero-order valence-electron chi connectivity index (χ0n) is 17.3. The molecule has 0 saturated carbocycles. The molecule has 3 rings (SSSR count). The van der Waals surface area contributed by atoms with Crippen LogP contribution in [0.15, 0.2) is 46.8 Å². The smallest absolute Gasteiger partial charge is 0.191 e. The van der Waals surface area contributed by atoms with E-state index in [1.807, 2.05) is 14.0 Å². The van der Waals surface area contributed by atoms with Gasteiger partial charge < -0.3 is 20.1 Å². The topological polar surface area (TPSA) is 54.9 Å². The van der Waals surface area contributed by atoms with Crippen molar-refractivity contribution in [2.75, 3.05) is 40.0 Å². The number of hydrogen-bond acceptors (Lipinski definition) is 4. The number of thiophene rings is 1. The average Bonchev–Trinajstić information content (AvgIpc) is 3.25. The quantitative estimate of drug-likeness (QED) is 0.306. The Bertz CT molecular complexity index is 729. The predicted molar refractivity (Wildman–Crippen MR) is 132 cm³/mol. The lowest BCUT2D eigenvalue weighted by molar-refractivity contribution is 0.0513. The zero-order valence-corrected chi connectivity index (χ0v) is 20.4. The number of guanidine groups is 1. The molecular formula is C22H32IN3O2S. The largest absolute Gasteiger partial charge is 0.494 e. The van der Waals surface area contributed by atoms with E-state index in [1.165, 1.54) is 10.4 Å². The molecule has 1 fully saturated rings. The summed E-state index contributed by atoms with van der Waals surface area (Å²) >= 11 is 1.80. The van der Waals surface area contributed by atoms with E-state index in [-0.39, 0.29) is 29.4 Å². The minimum atomic E-state index is 0. The Morgan fingerprint density at radius 1 is 1.17 bits per heavy atom. The fourth-order valence-corrected chi connectivity index (χ4v) is 4.34. The second kappa shape index (κ2) is 12.4. The molecule has 0 amide bonds. The van der Waals surface area contributed by atoms with Crippen LogP contribution in [0, 0.1) is 0 Å². The van der Waals surface area contributed by atoms with Crippen LogP contribution in [0.5, 0.6) is 5.75 Å². The average molecular weight is 529 g/mol. The molecule has 1 saturated heterocycles. The van der Waals surface area contributed by atoms with Crippen molar-refractivity contribution in [1.29, 1.82) is 0 Å². The number of ether oxygens (including phenoxy) is 2. The van der Waals surface area contributed by atoms with E-state index in [2.05, 4.69) is 57.4 Å². The predicted octanol–water partition coefficient (Wildman–Crippen LogP) is 4.22. The van der Waals surface area contributed by atoms with Crippen LogP contribution in [0.4, 0.5) is 0 Å². The molecule has 160 valence electrons. The summed E-state index contributed by atoms with van der Waals surface area (Å²) in [6, 6.07) is 12.8. The van der Waals surface area contributed by atoms with Gasteiger partial charge in [0.1, 0.15) is 5.75 Å². The van der Waals surface area contributed by atoms with Crippen LogP contribution in [0.3, 0.4) is 0 Å². The Morgan fingerprint density at radius 2 is 1.93 bits per heavy atom. The number of benzene rings is 1. The molecule has 0 spiro atoms. The third kappa shape index (κ3) is 6.86. The van der Waals surface area contributed by atoms with Crippen molar-refractivity contribution < 1.29 is 9.47 Å². The van der Waals surface area contributed by atoms with Crippen LogP contribution in [0.1, 0.15) is 30.2 Å². The number of halogens is 1. The number of nitrogens with one attached hydrogen (secondary N) is 2. The molecule has 0 atom stereocenters. The van der Waals surface area contributed by atoms with Crippen LogP contribution in [-0.2, 0) is 16.6 Å². The van der Waals surface area contributed by atoms with Gasteiger partial charge in [0, 0.05) is 43.6 Å². The molecule has 0 aliphatic carbocycles. The molecule has 1 aromatic carbocycles. The first-order valence-corrected chi connectivity index (χ1v) is 10.9. The molecule has 2 aromatic rings. The Labute approximate surface area is 195 Å². The highest BCUT2D eigenvalue weighted by atomic mass is 127. The van der Waals surface area contributed by atoms with E-state index in [4.69, 9.17) is 9.47 Å². The first-order valence-electron chi connectivity index (χ1n) is 10.0. The van der Waals surface area contributed by atoms with E-state index >= 15 is 0 Å². The molecule has 2 heterocycles. The van der Waals surface area contributed by atoms with Gasteiger partial charge in [0.15, 0.2) is 5.96 Å². The minimum absolute atomic E-state index is 0. The Hall–Kier alpha value is -1.32. The summed E-state index contributed by atoms with van der Waals surface area (Å²) in [5, 5.41) is 9.11. The standard InChI is InChI=1S/C22H31N3O2S.HI/c1-3-27-19-8-6-18(7-9-19)22(11-14-26-15-12-22)17-25-21(23-2)24-13-10-20-5-4-16-28-20;/h4-9,16H,3,10-15,17H2,1-2H3,(H2,23,24,25);1H. The molecule has 29 heavy (non-hydrogen) atoms. The molecule has 1 aliphatic rings. The summed E-state index contributed by atoms with van der Waals surface area (Å²) in [6.07, 6.45) is 3.01. The van der Waals surface area contributed by atoms with Gasteiger partial charge in [0.2, 0.25) is 0 Å². The van der Waals surface area contributed by atoms with Gasteiger partial charge in [-0.2, -0.15) is 0 Å². The third-order valence-corrected chi connectivity index (χ3v) is 6.23. The lowest BCUT2D eigenvalue weighted by Gasteiger charge is -2.38. The number of rotatable bonds is 8. The second-order valence-corrected chi connectivity index (χ2v) is 8.06. The second-order valence-electron chi connectivity index (χ2n) is 7.03. The number of hydrogen-bond donors (Lipinski definition) is 2. The molecule has 1 aromatic heterocycles. The molecule has 7 heteroatoms. The molecule has 5 nitrogen and oxygen atoms in total. The first-order chi connectivity index (χ1) is 13.8. The molecule has 1 aliphatic heterocycles. The maximum Gasteiger partial charge on any atom is 0.191 e. The van der Waals surface area contributed by atoms with Crippen molar-refractivity contribution in [3.63, 3.8) is 0 Å². The van der Waals surface area contributed by atoms with Crippen LogP contribution in [0.25, 0.3) is 0 Å². The first kappa shape index (κ1) is 24.0. The highest BCUT2D eigenvalue weighted by Crippen LogP contribution is 2.35. The van der Waals surface area contributed by atoms with E-state index in [0.29, 0.717) is 6.61 Å². The van der Waals surface area contributed by atoms with Crippen molar-refractivity contribution in [3.8, 4) is 5.75 Å². The van der Waals surface area contributed by atoms with Crippen molar-refractivity contribution in [2.24, 2.45) is 4.99 Å². The van der Waals surface area contributed by atoms with Crippen molar-refractivity contribution in [2.45, 2.75) is 31.6 Å². The van der Waals surface area contributed by atoms with Gasteiger partial charge in [0.25, 0.3) is 0 Å². The van der Waals surface area contributed by atoms with Gasteiger partial charge in [-0.15, -0.1) is 35.3 Å². The highest BCUT2D eigenvalue weighted by Gasteiger charge is 2.34. The zero-order chi connectivity index (χ0) is 19.7. The summed E-state index contributed by atoms with van der Waals surface area (Å²) in [6.45, 7) is 5.99. The summed E-state index contributed by atoms with van der Waals surface area (Å²) < 4.78 is 11.3. The van der Waals surface area contributed by atoms with Crippen LogP contribution in [0.2, 0.25) is 0 Å². The summed E-state index contributed by atoms with van der Waals surface area (Å²) in [5.74, 6) is 1.78. The molecule has 2 N–H and O–H groups in total. The molecule has 0 unspecified atom stereocenters. The minimum Gasteiger partial charge on any atom is -0.494 e. The lowest BCUT2D eigenvalue weighted by Crippen LogP contribution is -2.48. The van der Waals surface area contributed by atoms with Crippen molar-refractivity contribution in [1.82, 2.24) is 10.6 Å². The number of aliphatic imine (C=N–C) groups is 1. The Kier molecular flexibility index (Phi) is 10.2. The van der Waals surface area contributed by atoms with Gasteiger partial charge in [-0.25, -0.2) is 0 Å². The van der Waals surface area contributed by atoms with Gasteiger partial charge >= 0.3 is 0 Å². The van der Waals surface area contributed by atoms with Gasteiger partial charge in [-0.05, 0) is 55.3 Å². The highest BCUT2D eigenvalue weighted by molar-refractivity contribution is 14.0. The molecular weight excluding hydrogens is 497 g/mol. The normalized spacial score (nSPS) is 16.0. The Balaban J connectivity index is 0.00000300. The van der Waals surface area contributed by atoms with Crippen LogP contribution < -0.4 is 15.4 Å². The van der Waals surface area contributed by atoms with Gasteiger partial charge in [-0.1, -0.05) is 18.2 Å². The van der Waals surface area contributed by atoms with Crippen LogP contribution in [-0.4, -0.2) is 45.9 Å². The van der Waals surface area contributed by atoms with Gasteiger partial charge in [0.05, 0.1) is 6.61 Å². The summed E-state index contributed by atoms with van der Waals surface area (Å²) in [4.78, 5) is 5.79. The van der Waals surface area contributed by atoms with E-state index in [1.54, 1.807) is 11.3 Å². The van der Waals surface area contributed by atoms with E-state index < -0.39 is 0 Å². The monoisotopic (exact) mass is 529 g/mol. The lowest BCUT2D eigenvalue weighted by atomic mass is 9.74. The third-order valence-electron chi connectivity index (χ3n) is 5.29. The van der Waals surface area contributed by atoms with Gasteiger partial charge in [-0.3, -0.25) is 4.99 Å². The molecule has 0 bridgehead atoms.